The van der Waals surface area contributed by atoms with E-state index in [1.165, 1.54) is 6.26 Å². The summed E-state index contributed by atoms with van der Waals surface area (Å²) in [5.74, 6) is -0.221. The van der Waals surface area contributed by atoms with Gasteiger partial charge in [-0.2, -0.15) is 5.01 Å². The van der Waals surface area contributed by atoms with Crippen molar-refractivity contribution in [3.63, 3.8) is 0 Å². The Bertz CT molecular complexity index is 754. The van der Waals surface area contributed by atoms with E-state index < -0.39 is 5.91 Å². The van der Waals surface area contributed by atoms with Crippen LogP contribution in [0.2, 0.25) is 0 Å². The van der Waals surface area contributed by atoms with E-state index in [0.29, 0.717) is 16.2 Å². The lowest BCUT2D eigenvalue weighted by Crippen LogP contribution is -2.44. The van der Waals surface area contributed by atoms with E-state index >= 15 is 0 Å². The minimum atomic E-state index is -0.392. The first kappa shape index (κ1) is 14.6. The van der Waals surface area contributed by atoms with Gasteiger partial charge < -0.3 is 4.42 Å². The van der Waals surface area contributed by atoms with Gasteiger partial charge in [0.15, 0.2) is 4.32 Å². The Kier molecular flexibility index (Phi) is 4.08. The minimum absolute atomic E-state index is 0.270. The highest BCUT2D eigenvalue weighted by Crippen LogP contribution is 2.31. The van der Waals surface area contributed by atoms with E-state index in [9.17, 15) is 9.59 Å². The maximum Gasteiger partial charge on any atom is 0.285 e. The van der Waals surface area contributed by atoms with Crippen LogP contribution in [0.4, 0.5) is 0 Å². The molecule has 1 aliphatic rings. The molecule has 7 heteroatoms. The number of benzene rings is 1. The normalized spacial score (nSPS) is 16.4. The predicted molar refractivity (Wildman–Crippen MR) is 87.6 cm³/mol. The van der Waals surface area contributed by atoms with Crippen LogP contribution in [0.3, 0.4) is 0 Å². The van der Waals surface area contributed by atoms with Crippen LogP contribution in [0, 0.1) is 0 Å². The summed E-state index contributed by atoms with van der Waals surface area (Å²) in [5.41, 5.74) is 2.97. The van der Waals surface area contributed by atoms with Crippen LogP contribution in [-0.4, -0.2) is 21.1 Å². The largest absolute Gasteiger partial charge is 0.465 e. The summed E-state index contributed by atoms with van der Waals surface area (Å²) in [6.07, 6.45) is 3.11. The number of hydrogen-bond donors (Lipinski definition) is 1. The smallest absolute Gasteiger partial charge is 0.285 e. The maximum absolute atomic E-state index is 12.3. The maximum atomic E-state index is 12.3. The predicted octanol–water partition coefficient (Wildman–Crippen LogP) is 2.83. The number of thiocarbonyl (C=S) groups is 1. The third-order valence-electron chi connectivity index (χ3n) is 2.86. The molecule has 0 saturated carbocycles. The molecule has 2 heterocycles. The van der Waals surface area contributed by atoms with E-state index in [-0.39, 0.29) is 10.2 Å². The number of thioether (sulfide) groups is 1. The molecule has 3 rings (SSSR count). The quantitative estimate of drug-likeness (QED) is 0.692. The molecule has 1 aromatic heterocycles. The Balaban J connectivity index is 1.76. The van der Waals surface area contributed by atoms with Crippen LogP contribution in [-0.2, 0) is 4.79 Å². The molecule has 1 aliphatic heterocycles. The Morgan fingerprint density at radius 1 is 1.23 bits per heavy atom. The Labute approximate surface area is 135 Å². The van der Waals surface area contributed by atoms with Gasteiger partial charge in [0.2, 0.25) is 0 Å². The molecule has 5 nitrogen and oxygen atoms in total. The summed E-state index contributed by atoms with van der Waals surface area (Å²) < 4.78 is 5.44. The van der Waals surface area contributed by atoms with Crippen LogP contribution in [0.15, 0.2) is 58.1 Å². The van der Waals surface area contributed by atoms with Crippen molar-refractivity contribution in [1.29, 1.82) is 0 Å². The van der Waals surface area contributed by atoms with Crippen molar-refractivity contribution >= 4 is 46.2 Å². The van der Waals surface area contributed by atoms with Crippen molar-refractivity contribution in [2.45, 2.75) is 0 Å². The van der Waals surface area contributed by atoms with Crippen LogP contribution in [0.1, 0.15) is 16.1 Å². The molecule has 0 bridgehead atoms. The summed E-state index contributed by atoms with van der Waals surface area (Å²) in [4.78, 5) is 24.8. The molecular weight excluding hydrogens is 320 g/mol. The average molecular weight is 330 g/mol. The van der Waals surface area contributed by atoms with E-state index in [4.69, 9.17) is 16.6 Å². The van der Waals surface area contributed by atoms with E-state index in [1.54, 1.807) is 42.5 Å². The van der Waals surface area contributed by atoms with Gasteiger partial charge in [0.1, 0.15) is 5.76 Å². The molecule has 0 aliphatic carbocycles. The zero-order chi connectivity index (χ0) is 15.5. The Morgan fingerprint density at radius 2 is 2.00 bits per heavy atom. The van der Waals surface area contributed by atoms with Gasteiger partial charge in [0, 0.05) is 11.6 Å². The first-order chi connectivity index (χ1) is 10.6. The van der Waals surface area contributed by atoms with Gasteiger partial charge in [-0.15, -0.1) is 0 Å². The van der Waals surface area contributed by atoms with Gasteiger partial charge >= 0.3 is 0 Å². The second kappa shape index (κ2) is 6.17. The molecule has 0 atom stereocenters. The summed E-state index contributed by atoms with van der Waals surface area (Å²) in [6.45, 7) is 0. The fourth-order valence-electron chi connectivity index (χ4n) is 1.82. The van der Waals surface area contributed by atoms with E-state index in [2.05, 4.69) is 5.43 Å². The molecular formula is C15H10N2O3S2. The number of furan rings is 1. The Morgan fingerprint density at radius 3 is 2.68 bits per heavy atom. The highest BCUT2D eigenvalue weighted by atomic mass is 32.2. The molecule has 0 unspecified atom stereocenters. The van der Waals surface area contributed by atoms with Gasteiger partial charge in [-0.25, -0.2) is 0 Å². The molecule has 1 N–H and O–H groups in total. The fourth-order valence-corrected chi connectivity index (χ4v) is 2.98. The summed E-state index contributed by atoms with van der Waals surface area (Å²) in [6, 6.07) is 12.1. The van der Waals surface area contributed by atoms with Gasteiger partial charge in [0.05, 0.1) is 11.2 Å². The highest BCUT2D eigenvalue weighted by Gasteiger charge is 2.33. The van der Waals surface area contributed by atoms with Gasteiger partial charge in [-0.3, -0.25) is 15.0 Å². The third kappa shape index (κ3) is 2.95. The number of carbonyl (C=O) groups excluding carboxylic acids is 2. The highest BCUT2D eigenvalue weighted by molar-refractivity contribution is 8.26. The first-order valence-corrected chi connectivity index (χ1v) is 7.55. The van der Waals surface area contributed by atoms with Gasteiger partial charge in [0.25, 0.3) is 11.8 Å². The average Bonchev–Trinajstić information content (AvgIpc) is 3.12. The molecule has 1 aromatic carbocycles. The Hall–Kier alpha value is -2.38. The fraction of sp³-hybridized carbons (Fsp3) is 0. The zero-order valence-electron chi connectivity index (χ0n) is 11.2. The number of amides is 2. The monoisotopic (exact) mass is 330 g/mol. The van der Waals surface area contributed by atoms with Crippen LogP contribution in [0.25, 0.3) is 6.08 Å². The molecule has 2 aromatic rings. The number of hydrogen-bond acceptors (Lipinski definition) is 5. The van der Waals surface area contributed by atoms with Crippen molar-refractivity contribution in [1.82, 2.24) is 10.4 Å². The lowest BCUT2D eigenvalue weighted by molar-refractivity contribution is -0.123. The summed E-state index contributed by atoms with van der Waals surface area (Å²) >= 11 is 6.25. The minimum Gasteiger partial charge on any atom is -0.465 e. The van der Waals surface area contributed by atoms with Crippen LogP contribution >= 0.6 is 24.0 Å². The lowest BCUT2D eigenvalue weighted by Gasteiger charge is -2.15. The molecule has 2 amide bonds. The third-order valence-corrected chi connectivity index (χ3v) is 4.16. The van der Waals surface area contributed by atoms with Crippen molar-refractivity contribution in [2.75, 3.05) is 0 Å². The van der Waals surface area contributed by atoms with Crippen LogP contribution < -0.4 is 5.43 Å². The van der Waals surface area contributed by atoms with Crippen molar-refractivity contribution < 1.29 is 14.0 Å². The van der Waals surface area contributed by atoms with Crippen molar-refractivity contribution in [3.05, 3.63) is 65.0 Å². The summed E-state index contributed by atoms with van der Waals surface area (Å²) in [5, 5.41) is 1.07. The second-order valence-electron chi connectivity index (χ2n) is 4.34. The first-order valence-electron chi connectivity index (χ1n) is 6.32. The molecule has 0 radical (unpaired) electrons. The lowest BCUT2D eigenvalue weighted by atomic mass is 10.2. The number of hydrazine groups is 1. The van der Waals surface area contributed by atoms with Gasteiger partial charge in [-0.1, -0.05) is 30.0 Å². The van der Waals surface area contributed by atoms with Crippen molar-refractivity contribution in [3.8, 4) is 0 Å². The number of nitrogens with zero attached hydrogens (tertiary/aromatic N) is 1. The van der Waals surface area contributed by atoms with Crippen molar-refractivity contribution in [2.24, 2.45) is 0 Å². The zero-order valence-corrected chi connectivity index (χ0v) is 12.8. The number of carbonyl (C=O) groups is 2. The second-order valence-corrected chi connectivity index (χ2v) is 6.02. The topological polar surface area (TPSA) is 62.6 Å². The molecule has 0 spiro atoms. The molecule has 1 fully saturated rings. The molecule has 1 saturated heterocycles. The molecule has 110 valence electrons. The van der Waals surface area contributed by atoms with Gasteiger partial charge in [-0.05, 0) is 36.5 Å². The molecule has 22 heavy (non-hydrogen) atoms. The number of rotatable bonds is 3. The van der Waals surface area contributed by atoms with E-state index in [0.717, 1.165) is 16.8 Å². The standard InChI is InChI=1S/C15H10N2O3S2/c18-13(10-5-2-1-3-6-10)16-17-14(19)12(22-15(17)21)9-11-7-4-8-20-11/h1-9H,(H,16,18)/b12-9+. The summed E-state index contributed by atoms with van der Waals surface area (Å²) in [7, 11) is 0. The number of nitrogens with one attached hydrogen (secondary N) is 1. The van der Waals surface area contributed by atoms with E-state index in [1.807, 2.05) is 6.07 Å². The SMILES string of the molecule is O=C(NN1C(=O)/C(=C\c2ccco2)SC1=S)c1ccccc1. The van der Waals surface area contributed by atoms with Crippen LogP contribution in [0.5, 0.6) is 0 Å².